The summed E-state index contributed by atoms with van der Waals surface area (Å²) in [7, 11) is 0. The second-order valence-corrected chi connectivity index (χ2v) is 6.38. The van der Waals surface area contributed by atoms with E-state index in [1.54, 1.807) is 0 Å². The minimum atomic E-state index is 0.395. The van der Waals surface area contributed by atoms with Gasteiger partial charge in [0.25, 0.3) is 0 Å². The van der Waals surface area contributed by atoms with Crippen molar-refractivity contribution in [2.24, 2.45) is 11.7 Å². The number of nitrogens with two attached hydrogens (primary N) is 1. The van der Waals surface area contributed by atoms with Crippen LogP contribution in [-0.4, -0.2) is 36.1 Å². The Kier molecular flexibility index (Phi) is 6.46. The topological polar surface area (TPSA) is 38.5 Å². The Morgan fingerprint density at radius 2 is 2.14 bits per heavy atom. The molecule has 0 amide bonds. The maximum atomic E-state index is 5.85. The molecule has 2 rings (SSSR count). The molecular weight excluding hydrogens is 280 g/mol. The van der Waals surface area contributed by atoms with Gasteiger partial charge in [-0.25, -0.2) is 0 Å². The molecule has 0 aromatic heterocycles. The molecule has 116 valence electrons. The van der Waals surface area contributed by atoms with Gasteiger partial charge in [0.1, 0.15) is 10.7 Å². The molecule has 0 radical (unpaired) electrons. The Morgan fingerprint density at radius 1 is 1.33 bits per heavy atom. The first-order chi connectivity index (χ1) is 10.2. The lowest BCUT2D eigenvalue weighted by atomic mass is 10.0. The zero-order valence-electron chi connectivity index (χ0n) is 12.9. The van der Waals surface area contributed by atoms with Gasteiger partial charge >= 0.3 is 0 Å². The van der Waals surface area contributed by atoms with E-state index in [9.17, 15) is 0 Å². The quantitative estimate of drug-likeness (QED) is 0.647. The number of likely N-dealkylation sites (tertiary alicyclic amines) is 1. The Hall–Kier alpha value is -1.13. The van der Waals surface area contributed by atoms with E-state index in [0.717, 1.165) is 30.2 Å². The van der Waals surface area contributed by atoms with E-state index in [1.807, 2.05) is 24.3 Å². The van der Waals surface area contributed by atoms with Gasteiger partial charge in [0.2, 0.25) is 0 Å². The monoisotopic (exact) mass is 306 g/mol. The van der Waals surface area contributed by atoms with Gasteiger partial charge < -0.3 is 15.4 Å². The summed E-state index contributed by atoms with van der Waals surface area (Å²) in [6.45, 7) is 6.64. The van der Waals surface area contributed by atoms with Gasteiger partial charge in [0.05, 0.1) is 12.2 Å². The molecule has 21 heavy (non-hydrogen) atoms. The van der Waals surface area contributed by atoms with Crippen LogP contribution in [0.4, 0.5) is 0 Å². The van der Waals surface area contributed by atoms with Crippen LogP contribution in [-0.2, 0) is 0 Å². The fourth-order valence-electron chi connectivity index (χ4n) is 2.81. The molecule has 1 fully saturated rings. The highest BCUT2D eigenvalue weighted by molar-refractivity contribution is 7.80. The zero-order chi connectivity index (χ0) is 15.1. The van der Waals surface area contributed by atoms with E-state index >= 15 is 0 Å². The molecule has 1 unspecified atom stereocenters. The van der Waals surface area contributed by atoms with Crippen molar-refractivity contribution in [2.75, 3.05) is 26.2 Å². The predicted octanol–water partition coefficient (Wildman–Crippen LogP) is 3.21. The molecule has 1 aromatic rings. The van der Waals surface area contributed by atoms with Gasteiger partial charge in [-0.3, -0.25) is 0 Å². The molecule has 0 aliphatic carbocycles. The number of para-hydroxylation sites is 1. The number of nitrogens with zero attached hydrogens (tertiary/aromatic N) is 1. The Labute approximate surface area is 133 Å². The van der Waals surface area contributed by atoms with Crippen molar-refractivity contribution >= 4 is 17.2 Å². The predicted molar refractivity (Wildman–Crippen MR) is 91.9 cm³/mol. The molecule has 1 atom stereocenters. The van der Waals surface area contributed by atoms with E-state index < -0.39 is 0 Å². The average molecular weight is 306 g/mol. The maximum Gasteiger partial charge on any atom is 0.129 e. The summed E-state index contributed by atoms with van der Waals surface area (Å²) in [5, 5.41) is 0. The first kappa shape index (κ1) is 16.2. The van der Waals surface area contributed by atoms with Gasteiger partial charge in [-0.15, -0.1) is 0 Å². The van der Waals surface area contributed by atoms with E-state index in [1.165, 1.54) is 32.4 Å². The number of benzene rings is 1. The van der Waals surface area contributed by atoms with Crippen LogP contribution in [0.25, 0.3) is 0 Å². The van der Waals surface area contributed by atoms with E-state index in [0.29, 0.717) is 11.6 Å². The van der Waals surface area contributed by atoms with Crippen molar-refractivity contribution in [1.29, 1.82) is 0 Å². The van der Waals surface area contributed by atoms with Gasteiger partial charge in [0, 0.05) is 6.54 Å². The summed E-state index contributed by atoms with van der Waals surface area (Å²) < 4.78 is 5.85. The normalized spacial score (nSPS) is 20.0. The third kappa shape index (κ3) is 5.29. The number of thiocarbonyl (C=S) groups is 1. The molecule has 1 aliphatic rings. The second-order valence-electron chi connectivity index (χ2n) is 5.94. The van der Waals surface area contributed by atoms with Crippen LogP contribution in [0.1, 0.15) is 38.2 Å². The smallest absolute Gasteiger partial charge is 0.129 e. The molecule has 0 spiro atoms. The number of hydrogen-bond donors (Lipinski definition) is 1. The molecule has 0 saturated carbocycles. The lowest BCUT2D eigenvalue weighted by Crippen LogP contribution is -2.27. The molecule has 1 saturated heterocycles. The van der Waals surface area contributed by atoms with Crippen LogP contribution in [0.3, 0.4) is 0 Å². The minimum absolute atomic E-state index is 0.395. The molecule has 1 aromatic carbocycles. The summed E-state index contributed by atoms with van der Waals surface area (Å²) in [6.07, 6.45) is 5.06. The Morgan fingerprint density at radius 3 is 2.95 bits per heavy atom. The highest BCUT2D eigenvalue weighted by Gasteiger charge is 2.13. The summed E-state index contributed by atoms with van der Waals surface area (Å²) in [6, 6.07) is 7.73. The van der Waals surface area contributed by atoms with E-state index in [4.69, 9.17) is 22.7 Å². The molecular formula is C17H26N2OS. The SMILES string of the molecule is CC1CCCN(CCCOc2ccccc2C(N)=S)CC1. The van der Waals surface area contributed by atoms with Gasteiger partial charge in [-0.1, -0.05) is 31.3 Å². The number of rotatable bonds is 6. The number of hydrogen-bond acceptors (Lipinski definition) is 3. The van der Waals surface area contributed by atoms with Crippen LogP contribution in [0.15, 0.2) is 24.3 Å². The first-order valence-corrected chi connectivity index (χ1v) is 8.31. The molecule has 0 bridgehead atoms. The first-order valence-electron chi connectivity index (χ1n) is 7.91. The van der Waals surface area contributed by atoms with Crippen molar-refractivity contribution in [3.8, 4) is 5.75 Å². The molecule has 1 aliphatic heterocycles. The Bertz CT molecular complexity index is 464. The highest BCUT2D eigenvalue weighted by Crippen LogP contribution is 2.19. The van der Waals surface area contributed by atoms with Crippen molar-refractivity contribution in [3.05, 3.63) is 29.8 Å². The van der Waals surface area contributed by atoms with Crippen LogP contribution in [0, 0.1) is 5.92 Å². The third-order valence-electron chi connectivity index (χ3n) is 4.14. The minimum Gasteiger partial charge on any atom is -0.493 e. The zero-order valence-corrected chi connectivity index (χ0v) is 13.7. The van der Waals surface area contributed by atoms with Crippen LogP contribution in [0.5, 0.6) is 5.75 Å². The van der Waals surface area contributed by atoms with Crippen molar-refractivity contribution in [1.82, 2.24) is 4.90 Å². The van der Waals surface area contributed by atoms with Gasteiger partial charge in [-0.05, 0) is 56.8 Å². The van der Waals surface area contributed by atoms with Crippen LogP contribution >= 0.6 is 12.2 Å². The summed E-state index contributed by atoms with van der Waals surface area (Å²) in [5.41, 5.74) is 6.54. The lowest BCUT2D eigenvalue weighted by Gasteiger charge is -2.20. The lowest BCUT2D eigenvalue weighted by molar-refractivity contribution is 0.238. The van der Waals surface area contributed by atoms with Gasteiger partial charge in [0.15, 0.2) is 0 Å². The second kappa shape index (κ2) is 8.35. The Balaban J connectivity index is 1.73. The summed E-state index contributed by atoms with van der Waals surface area (Å²) >= 11 is 5.05. The fraction of sp³-hybridized carbons (Fsp3) is 0.588. The van der Waals surface area contributed by atoms with Gasteiger partial charge in [-0.2, -0.15) is 0 Å². The number of ether oxygens (including phenoxy) is 1. The van der Waals surface area contributed by atoms with E-state index in [2.05, 4.69) is 11.8 Å². The van der Waals surface area contributed by atoms with Crippen molar-refractivity contribution in [3.63, 3.8) is 0 Å². The largest absolute Gasteiger partial charge is 0.493 e. The maximum absolute atomic E-state index is 5.85. The summed E-state index contributed by atoms with van der Waals surface area (Å²) in [5.74, 6) is 1.68. The van der Waals surface area contributed by atoms with Crippen molar-refractivity contribution in [2.45, 2.75) is 32.6 Å². The van der Waals surface area contributed by atoms with Crippen molar-refractivity contribution < 1.29 is 4.74 Å². The molecule has 1 heterocycles. The molecule has 4 heteroatoms. The third-order valence-corrected chi connectivity index (χ3v) is 4.36. The molecule has 2 N–H and O–H groups in total. The standard InChI is InChI=1S/C17H26N2OS/c1-14-6-4-10-19(12-9-14)11-5-13-20-16-8-3-2-7-15(16)17(18)21/h2-3,7-8,14H,4-6,9-13H2,1H3,(H2,18,21). The fourth-order valence-corrected chi connectivity index (χ4v) is 2.98. The highest BCUT2D eigenvalue weighted by atomic mass is 32.1. The van der Waals surface area contributed by atoms with Crippen LogP contribution < -0.4 is 10.5 Å². The summed E-state index contributed by atoms with van der Waals surface area (Å²) in [4.78, 5) is 2.96. The average Bonchev–Trinajstić information content (AvgIpc) is 2.68. The van der Waals surface area contributed by atoms with Crippen LogP contribution in [0.2, 0.25) is 0 Å². The van der Waals surface area contributed by atoms with E-state index in [-0.39, 0.29) is 0 Å². The molecule has 3 nitrogen and oxygen atoms in total.